The molecule has 1 aliphatic rings. The van der Waals surface area contributed by atoms with Gasteiger partial charge in [0.05, 0.1) is 10.2 Å². The quantitative estimate of drug-likeness (QED) is 0.925. The summed E-state index contributed by atoms with van der Waals surface area (Å²) in [6, 6.07) is 3.26. The number of nitrogens with one attached hydrogen (secondary N) is 1. The molecule has 0 spiro atoms. The Morgan fingerprint density at radius 1 is 1.50 bits per heavy atom. The van der Waals surface area contributed by atoms with E-state index in [4.69, 9.17) is 0 Å². The van der Waals surface area contributed by atoms with E-state index in [9.17, 15) is 0 Å². The molecule has 18 heavy (non-hydrogen) atoms. The van der Waals surface area contributed by atoms with Crippen LogP contribution in [-0.4, -0.2) is 30.2 Å². The Morgan fingerprint density at radius 3 is 3.06 bits per heavy atom. The van der Waals surface area contributed by atoms with Gasteiger partial charge in [0, 0.05) is 37.6 Å². The van der Waals surface area contributed by atoms with Gasteiger partial charge in [-0.25, -0.2) is 0 Å². The van der Waals surface area contributed by atoms with Crippen molar-refractivity contribution in [1.82, 2.24) is 10.3 Å². The number of aromatic nitrogens is 1. The van der Waals surface area contributed by atoms with Crippen LogP contribution < -0.4 is 10.2 Å². The third-order valence-corrected chi connectivity index (χ3v) is 4.06. The smallest absolute Gasteiger partial charge is 0.0592 e. The van der Waals surface area contributed by atoms with Crippen molar-refractivity contribution in [3.8, 4) is 0 Å². The Kier molecular flexibility index (Phi) is 5.01. The molecule has 0 aliphatic carbocycles. The van der Waals surface area contributed by atoms with Crippen LogP contribution in [0.2, 0.25) is 0 Å². The molecule has 1 atom stereocenters. The summed E-state index contributed by atoms with van der Waals surface area (Å²) in [6.45, 7) is 6.62. The molecule has 1 aromatic heterocycles. The Hall–Kier alpha value is -0.610. The van der Waals surface area contributed by atoms with Crippen LogP contribution >= 0.6 is 15.9 Å². The zero-order valence-corrected chi connectivity index (χ0v) is 12.8. The summed E-state index contributed by atoms with van der Waals surface area (Å²) in [5.41, 5.74) is 1.28. The van der Waals surface area contributed by atoms with Crippen molar-refractivity contribution in [2.45, 2.75) is 45.2 Å². The lowest BCUT2D eigenvalue weighted by Crippen LogP contribution is -2.47. The summed E-state index contributed by atoms with van der Waals surface area (Å²) in [5.74, 6) is 0. The highest BCUT2D eigenvalue weighted by molar-refractivity contribution is 9.10. The number of nitrogens with zero attached hydrogens (tertiary/aromatic N) is 2. The second-order valence-corrected chi connectivity index (χ2v) is 6.09. The van der Waals surface area contributed by atoms with E-state index < -0.39 is 0 Å². The molecule has 100 valence electrons. The highest BCUT2D eigenvalue weighted by Crippen LogP contribution is 2.30. The van der Waals surface area contributed by atoms with Crippen molar-refractivity contribution in [2.75, 3.05) is 18.0 Å². The molecule has 4 heteroatoms. The van der Waals surface area contributed by atoms with Crippen molar-refractivity contribution in [3.05, 3.63) is 22.9 Å². The van der Waals surface area contributed by atoms with E-state index in [0.29, 0.717) is 12.1 Å². The van der Waals surface area contributed by atoms with E-state index in [-0.39, 0.29) is 0 Å². The average Bonchev–Trinajstić information content (AvgIpc) is 2.37. The summed E-state index contributed by atoms with van der Waals surface area (Å²) in [6.07, 6.45) is 7.66. The molecule has 1 aromatic rings. The fraction of sp³-hybridized carbons (Fsp3) is 0.643. The predicted octanol–water partition coefficient (Wildman–Crippen LogP) is 3.20. The van der Waals surface area contributed by atoms with Crippen LogP contribution in [0.3, 0.4) is 0 Å². The molecule has 0 radical (unpaired) electrons. The second-order valence-electron chi connectivity index (χ2n) is 5.23. The normalized spacial score (nSPS) is 20.4. The van der Waals surface area contributed by atoms with E-state index in [1.165, 1.54) is 24.9 Å². The minimum Gasteiger partial charge on any atom is -0.366 e. The number of hydrogen-bond acceptors (Lipinski definition) is 3. The van der Waals surface area contributed by atoms with Gasteiger partial charge in [-0.05, 0) is 41.3 Å². The van der Waals surface area contributed by atoms with Crippen LogP contribution in [0.5, 0.6) is 0 Å². The fourth-order valence-electron chi connectivity index (χ4n) is 2.50. The van der Waals surface area contributed by atoms with Crippen molar-refractivity contribution in [2.24, 2.45) is 0 Å². The lowest BCUT2D eigenvalue weighted by molar-refractivity contribution is 0.421. The van der Waals surface area contributed by atoms with Gasteiger partial charge in [-0.15, -0.1) is 0 Å². The molecule has 1 aliphatic heterocycles. The molecule has 1 N–H and O–H groups in total. The predicted molar refractivity (Wildman–Crippen MR) is 80.1 cm³/mol. The van der Waals surface area contributed by atoms with E-state index in [0.717, 1.165) is 17.6 Å². The van der Waals surface area contributed by atoms with Gasteiger partial charge in [0.1, 0.15) is 0 Å². The van der Waals surface area contributed by atoms with Gasteiger partial charge >= 0.3 is 0 Å². The third kappa shape index (κ3) is 3.45. The van der Waals surface area contributed by atoms with Gasteiger partial charge in [-0.2, -0.15) is 0 Å². The maximum atomic E-state index is 4.15. The van der Waals surface area contributed by atoms with Gasteiger partial charge in [-0.1, -0.05) is 13.8 Å². The molecule has 0 bridgehead atoms. The Balaban J connectivity index is 2.10. The number of anilines is 1. The van der Waals surface area contributed by atoms with Crippen LogP contribution in [0, 0.1) is 0 Å². The third-order valence-electron chi connectivity index (χ3n) is 3.45. The number of halogens is 1. The molecule has 1 unspecified atom stereocenters. The maximum Gasteiger partial charge on any atom is 0.0592 e. The van der Waals surface area contributed by atoms with E-state index in [1.54, 1.807) is 0 Å². The first kappa shape index (κ1) is 13.8. The number of rotatable bonds is 4. The molecule has 1 saturated heterocycles. The van der Waals surface area contributed by atoms with Crippen LogP contribution in [0.25, 0.3) is 0 Å². The topological polar surface area (TPSA) is 28.2 Å². The summed E-state index contributed by atoms with van der Waals surface area (Å²) in [4.78, 5) is 6.67. The lowest BCUT2D eigenvalue weighted by Gasteiger charge is -2.38. The van der Waals surface area contributed by atoms with Gasteiger partial charge in [0.2, 0.25) is 0 Å². The first-order chi connectivity index (χ1) is 8.68. The first-order valence-electron chi connectivity index (χ1n) is 6.78. The van der Waals surface area contributed by atoms with Crippen LogP contribution in [0.4, 0.5) is 5.69 Å². The van der Waals surface area contributed by atoms with Crippen LogP contribution in [0.1, 0.15) is 33.1 Å². The number of pyridine rings is 1. The van der Waals surface area contributed by atoms with E-state index in [2.05, 4.69) is 51.0 Å². The number of piperidine rings is 1. The fourth-order valence-corrected chi connectivity index (χ4v) is 2.98. The van der Waals surface area contributed by atoms with E-state index in [1.807, 2.05) is 12.4 Å². The number of hydrogen-bond donors (Lipinski definition) is 1. The monoisotopic (exact) mass is 311 g/mol. The van der Waals surface area contributed by atoms with Gasteiger partial charge in [-0.3, -0.25) is 4.98 Å². The Bertz CT molecular complexity index is 381. The minimum atomic E-state index is 0.551. The van der Waals surface area contributed by atoms with Crippen molar-refractivity contribution >= 4 is 21.6 Å². The summed E-state index contributed by atoms with van der Waals surface area (Å²) < 4.78 is 1.10. The first-order valence-corrected chi connectivity index (χ1v) is 7.57. The molecule has 1 fully saturated rings. The van der Waals surface area contributed by atoms with Crippen LogP contribution in [0.15, 0.2) is 22.9 Å². The Morgan fingerprint density at radius 2 is 2.33 bits per heavy atom. The second kappa shape index (κ2) is 6.53. The van der Waals surface area contributed by atoms with Gasteiger partial charge in [0.25, 0.3) is 0 Å². The zero-order chi connectivity index (χ0) is 13.0. The zero-order valence-electron chi connectivity index (χ0n) is 11.2. The molecule has 0 saturated carbocycles. The van der Waals surface area contributed by atoms with Crippen molar-refractivity contribution in [1.29, 1.82) is 0 Å². The largest absolute Gasteiger partial charge is 0.366 e. The SMILES string of the molecule is CC(C)NCC1CCCCN1c1ccncc1Br. The van der Waals surface area contributed by atoms with Crippen molar-refractivity contribution < 1.29 is 0 Å². The maximum absolute atomic E-state index is 4.15. The Labute approximate surface area is 118 Å². The standard InChI is InChI=1S/C14H22BrN3/c1-11(2)17-9-12-5-3-4-8-18(12)14-6-7-16-10-13(14)15/h6-7,10-12,17H,3-5,8-9H2,1-2H3. The van der Waals surface area contributed by atoms with Gasteiger partial charge in [0.15, 0.2) is 0 Å². The molecule has 0 aromatic carbocycles. The molecule has 2 heterocycles. The van der Waals surface area contributed by atoms with Crippen LogP contribution in [-0.2, 0) is 0 Å². The average molecular weight is 312 g/mol. The van der Waals surface area contributed by atoms with Crippen molar-refractivity contribution in [3.63, 3.8) is 0 Å². The molecule has 2 rings (SSSR count). The summed E-state index contributed by atoms with van der Waals surface area (Å²) in [5, 5.41) is 3.56. The summed E-state index contributed by atoms with van der Waals surface area (Å²) in [7, 11) is 0. The minimum absolute atomic E-state index is 0.551. The molecular formula is C14H22BrN3. The summed E-state index contributed by atoms with van der Waals surface area (Å²) >= 11 is 3.61. The van der Waals surface area contributed by atoms with Gasteiger partial charge < -0.3 is 10.2 Å². The molecule has 3 nitrogen and oxygen atoms in total. The molecular weight excluding hydrogens is 290 g/mol. The lowest BCUT2D eigenvalue weighted by atomic mass is 10.0. The highest BCUT2D eigenvalue weighted by atomic mass is 79.9. The highest BCUT2D eigenvalue weighted by Gasteiger charge is 2.23. The van der Waals surface area contributed by atoms with E-state index >= 15 is 0 Å². The molecule has 0 amide bonds.